The van der Waals surface area contributed by atoms with Crippen LogP contribution in [0.1, 0.15) is 27.0 Å². The van der Waals surface area contributed by atoms with E-state index in [1.165, 1.54) is 11.9 Å². The summed E-state index contributed by atoms with van der Waals surface area (Å²) in [6, 6.07) is 12.7. The molecule has 6 nitrogen and oxygen atoms in total. The Bertz CT molecular complexity index is 907. The molecule has 1 unspecified atom stereocenters. The lowest BCUT2D eigenvalue weighted by Gasteiger charge is -2.27. The van der Waals surface area contributed by atoms with Crippen LogP contribution in [0.25, 0.3) is 0 Å². The number of aryl methyl sites for hydroxylation is 1. The molecule has 0 spiro atoms. The van der Waals surface area contributed by atoms with Gasteiger partial charge in [-0.3, -0.25) is 9.59 Å². The van der Waals surface area contributed by atoms with E-state index < -0.39 is 18.0 Å². The van der Waals surface area contributed by atoms with Crippen LogP contribution in [0.15, 0.2) is 42.5 Å². The van der Waals surface area contributed by atoms with Gasteiger partial charge in [0.05, 0.1) is 12.1 Å². The highest BCUT2D eigenvalue weighted by molar-refractivity contribution is 5.98. The van der Waals surface area contributed by atoms with Gasteiger partial charge in [-0.2, -0.15) is 0 Å². The van der Waals surface area contributed by atoms with E-state index in [1.807, 2.05) is 44.2 Å². The molecule has 0 saturated carbocycles. The number of hydrogen-bond acceptors (Lipinski definition) is 4. The number of rotatable bonds is 4. The first-order chi connectivity index (χ1) is 12.9. The smallest absolute Gasteiger partial charge is 0.339 e. The quantitative estimate of drug-likeness (QED) is 0.844. The number of carbonyl (C=O) groups is 3. The Balaban J connectivity index is 1.63. The molecule has 2 aromatic rings. The Morgan fingerprint density at radius 2 is 1.89 bits per heavy atom. The third kappa shape index (κ3) is 4.00. The summed E-state index contributed by atoms with van der Waals surface area (Å²) in [6.45, 7) is 3.77. The number of benzene rings is 2. The molecule has 0 bridgehead atoms. The van der Waals surface area contributed by atoms with Crippen molar-refractivity contribution in [3.8, 4) is 0 Å². The van der Waals surface area contributed by atoms with Crippen molar-refractivity contribution in [2.24, 2.45) is 0 Å². The SMILES string of the molecule is Cc1cccc(NC(=O)CN(C)C(=O)C2Cc3ccccc3C(=O)O2)c1C. The Hall–Kier alpha value is -3.15. The van der Waals surface area contributed by atoms with Crippen LogP contribution in [-0.2, 0) is 20.7 Å². The van der Waals surface area contributed by atoms with Gasteiger partial charge in [-0.1, -0.05) is 30.3 Å². The second-order valence-electron chi connectivity index (χ2n) is 6.75. The number of ether oxygens (including phenoxy) is 1. The maximum Gasteiger partial charge on any atom is 0.339 e. The number of carbonyl (C=O) groups excluding carboxylic acids is 3. The summed E-state index contributed by atoms with van der Waals surface area (Å²) in [5.41, 5.74) is 4.04. The molecule has 1 heterocycles. The lowest BCUT2D eigenvalue weighted by molar-refractivity contribution is -0.141. The fourth-order valence-electron chi connectivity index (χ4n) is 3.08. The van der Waals surface area contributed by atoms with Gasteiger partial charge >= 0.3 is 5.97 Å². The molecule has 1 N–H and O–H groups in total. The van der Waals surface area contributed by atoms with Gasteiger partial charge in [-0.15, -0.1) is 0 Å². The third-order valence-corrected chi connectivity index (χ3v) is 4.80. The molecule has 6 heteroatoms. The van der Waals surface area contributed by atoms with Crippen LogP contribution in [0.5, 0.6) is 0 Å². The Morgan fingerprint density at radius 3 is 2.67 bits per heavy atom. The number of esters is 1. The Morgan fingerprint density at radius 1 is 1.15 bits per heavy atom. The zero-order valence-corrected chi connectivity index (χ0v) is 15.6. The first-order valence-electron chi connectivity index (χ1n) is 8.76. The van der Waals surface area contributed by atoms with Crippen molar-refractivity contribution in [2.45, 2.75) is 26.4 Å². The van der Waals surface area contributed by atoms with Gasteiger partial charge in [0.15, 0.2) is 6.10 Å². The second-order valence-corrected chi connectivity index (χ2v) is 6.75. The number of nitrogens with one attached hydrogen (secondary N) is 1. The molecule has 0 aromatic heterocycles. The molecule has 140 valence electrons. The van der Waals surface area contributed by atoms with Gasteiger partial charge in [0.1, 0.15) is 0 Å². The first-order valence-corrected chi connectivity index (χ1v) is 8.76. The van der Waals surface area contributed by atoms with Crippen molar-refractivity contribution >= 4 is 23.5 Å². The number of fused-ring (bicyclic) bond motifs is 1. The summed E-state index contributed by atoms with van der Waals surface area (Å²) in [6.07, 6.45) is -0.602. The number of likely N-dealkylation sites (N-methyl/N-ethyl adjacent to an activating group) is 1. The highest BCUT2D eigenvalue weighted by Gasteiger charge is 2.33. The predicted molar refractivity (Wildman–Crippen MR) is 102 cm³/mol. The normalized spacial score (nSPS) is 15.5. The van der Waals surface area contributed by atoms with Gasteiger partial charge in [0, 0.05) is 19.2 Å². The average Bonchev–Trinajstić information content (AvgIpc) is 2.64. The van der Waals surface area contributed by atoms with E-state index in [-0.39, 0.29) is 12.5 Å². The van der Waals surface area contributed by atoms with E-state index in [0.29, 0.717) is 12.0 Å². The van der Waals surface area contributed by atoms with Crippen LogP contribution in [0.3, 0.4) is 0 Å². The summed E-state index contributed by atoms with van der Waals surface area (Å²) in [5.74, 6) is -1.21. The molecule has 1 aliphatic rings. The minimum absolute atomic E-state index is 0.123. The monoisotopic (exact) mass is 366 g/mol. The van der Waals surface area contributed by atoms with Crippen LogP contribution in [0, 0.1) is 13.8 Å². The van der Waals surface area contributed by atoms with Gasteiger partial charge in [-0.25, -0.2) is 4.79 Å². The fraction of sp³-hybridized carbons (Fsp3) is 0.286. The van der Waals surface area contributed by atoms with Crippen molar-refractivity contribution in [3.05, 3.63) is 64.7 Å². The van der Waals surface area contributed by atoms with E-state index in [0.717, 1.165) is 22.4 Å². The highest BCUT2D eigenvalue weighted by Crippen LogP contribution is 2.22. The van der Waals surface area contributed by atoms with E-state index >= 15 is 0 Å². The van der Waals surface area contributed by atoms with Gasteiger partial charge in [0.2, 0.25) is 5.91 Å². The highest BCUT2D eigenvalue weighted by atomic mass is 16.5. The van der Waals surface area contributed by atoms with E-state index in [1.54, 1.807) is 12.1 Å². The lowest BCUT2D eigenvalue weighted by atomic mass is 9.98. The van der Waals surface area contributed by atoms with Crippen LogP contribution in [0.2, 0.25) is 0 Å². The van der Waals surface area contributed by atoms with Gasteiger partial charge < -0.3 is 15.0 Å². The summed E-state index contributed by atoms with van der Waals surface area (Å²) in [7, 11) is 1.53. The number of cyclic esters (lactones) is 1. The molecule has 0 aliphatic carbocycles. The second kappa shape index (κ2) is 7.61. The Kier molecular flexibility index (Phi) is 5.26. The molecule has 0 radical (unpaired) electrons. The van der Waals surface area contributed by atoms with Crippen molar-refractivity contribution in [1.29, 1.82) is 0 Å². The zero-order valence-electron chi connectivity index (χ0n) is 15.6. The fourth-order valence-corrected chi connectivity index (χ4v) is 3.08. The lowest BCUT2D eigenvalue weighted by Crippen LogP contribution is -2.45. The van der Waals surface area contributed by atoms with Gasteiger partial charge in [-0.05, 0) is 42.7 Å². The summed E-state index contributed by atoms with van der Waals surface area (Å²) >= 11 is 0. The molecule has 0 fully saturated rings. The molecule has 1 aliphatic heterocycles. The average molecular weight is 366 g/mol. The van der Waals surface area contributed by atoms with E-state index in [9.17, 15) is 14.4 Å². The van der Waals surface area contributed by atoms with Crippen LogP contribution in [-0.4, -0.2) is 42.4 Å². The number of anilines is 1. The molecule has 27 heavy (non-hydrogen) atoms. The van der Waals surface area contributed by atoms with Crippen molar-refractivity contribution in [3.63, 3.8) is 0 Å². The number of hydrogen-bond donors (Lipinski definition) is 1. The molecular weight excluding hydrogens is 344 g/mol. The topological polar surface area (TPSA) is 75.7 Å². The minimum Gasteiger partial charge on any atom is -0.448 e. The van der Waals surface area contributed by atoms with Crippen molar-refractivity contribution in [1.82, 2.24) is 4.90 Å². The minimum atomic E-state index is -0.911. The predicted octanol–water partition coefficient (Wildman–Crippen LogP) is 2.48. The largest absolute Gasteiger partial charge is 0.448 e. The van der Waals surface area contributed by atoms with Gasteiger partial charge in [0.25, 0.3) is 5.91 Å². The van der Waals surface area contributed by atoms with E-state index in [2.05, 4.69) is 5.32 Å². The summed E-state index contributed by atoms with van der Waals surface area (Å²) in [4.78, 5) is 38.3. The third-order valence-electron chi connectivity index (χ3n) is 4.80. The van der Waals surface area contributed by atoms with Crippen LogP contribution in [0.4, 0.5) is 5.69 Å². The summed E-state index contributed by atoms with van der Waals surface area (Å²) < 4.78 is 5.27. The standard InChI is InChI=1S/C21H22N2O4/c1-13-7-6-10-17(14(13)2)22-19(24)12-23(3)20(25)18-11-15-8-4-5-9-16(15)21(26)27-18/h4-10,18H,11-12H2,1-3H3,(H,22,24). The van der Waals surface area contributed by atoms with Crippen LogP contribution < -0.4 is 5.32 Å². The number of nitrogens with zero attached hydrogens (tertiary/aromatic N) is 1. The molecule has 3 rings (SSSR count). The summed E-state index contributed by atoms with van der Waals surface area (Å²) in [5, 5.41) is 2.82. The molecular formula is C21H22N2O4. The van der Waals surface area contributed by atoms with Crippen LogP contribution >= 0.6 is 0 Å². The van der Waals surface area contributed by atoms with Crippen molar-refractivity contribution < 1.29 is 19.1 Å². The number of amides is 2. The maximum absolute atomic E-state index is 12.6. The van der Waals surface area contributed by atoms with Crippen molar-refractivity contribution in [2.75, 3.05) is 18.9 Å². The molecule has 2 aromatic carbocycles. The maximum atomic E-state index is 12.6. The first kappa shape index (κ1) is 18.6. The van der Waals surface area contributed by atoms with E-state index in [4.69, 9.17) is 4.74 Å². The zero-order chi connectivity index (χ0) is 19.6. The Labute approximate surface area is 158 Å². The molecule has 1 atom stereocenters. The molecule has 0 saturated heterocycles. The molecule has 2 amide bonds.